The Balaban J connectivity index is 4.02. The standard InChI is InChI=1S/C29H32O5/c1-3-5-7-9-11-13-15-17-19-21-23-28(31)33-26-27(25-30)34-29(32)24-22-20-18-16-14-12-10-8-6-4-2/h1,27,30H,4,6,8,10,12,14,16,18,20,22,24-26H2,2H3/t27-/m1/s1. The van der Waals surface area contributed by atoms with Crippen molar-refractivity contribution in [2.45, 2.75) is 83.7 Å². The van der Waals surface area contributed by atoms with E-state index in [1.165, 1.54) is 44.9 Å². The number of unbranched alkanes of at least 4 members (excludes halogenated alkanes) is 9. The van der Waals surface area contributed by atoms with E-state index in [9.17, 15) is 14.7 Å². The van der Waals surface area contributed by atoms with Gasteiger partial charge in [-0.3, -0.25) is 4.79 Å². The fourth-order valence-corrected chi connectivity index (χ4v) is 2.67. The molecule has 0 fully saturated rings. The summed E-state index contributed by atoms with van der Waals surface area (Å²) in [4.78, 5) is 23.5. The summed E-state index contributed by atoms with van der Waals surface area (Å²) in [5.74, 6) is 24.4. The van der Waals surface area contributed by atoms with Crippen molar-refractivity contribution in [2.75, 3.05) is 13.2 Å². The number of aliphatic hydroxyl groups excluding tert-OH is 1. The predicted octanol–water partition coefficient (Wildman–Crippen LogP) is 3.39. The highest BCUT2D eigenvalue weighted by Gasteiger charge is 2.15. The number of terminal acetylenes is 1. The average molecular weight is 461 g/mol. The van der Waals surface area contributed by atoms with Crippen molar-refractivity contribution in [3.63, 3.8) is 0 Å². The van der Waals surface area contributed by atoms with Crippen LogP contribution in [0.5, 0.6) is 0 Å². The first-order valence-electron chi connectivity index (χ1n) is 11.6. The molecule has 0 aliphatic rings. The lowest BCUT2D eigenvalue weighted by atomic mass is 10.1. The molecule has 0 radical (unpaired) electrons. The predicted molar refractivity (Wildman–Crippen MR) is 132 cm³/mol. The van der Waals surface area contributed by atoms with E-state index in [2.05, 4.69) is 72.0 Å². The van der Waals surface area contributed by atoms with Crippen molar-refractivity contribution in [1.29, 1.82) is 0 Å². The minimum absolute atomic E-state index is 0.276. The Morgan fingerprint density at radius 1 is 0.765 bits per heavy atom. The molecule has 5 heteroatoms. The fraction of sp³-hybridized carbons (Fsp3) is 0.517. The van der Waals surface area contributed by atoms with Crippen LogP contribution in [0, 0.1) is 71.5 Å². The molecule has 0 amide bonds. The van der Waals surface area contributed by atoms with Crippen molar-refractivity contribution in [3.8, 4) is 71.5 Å². The topological polar surface area (TPSA) is 72.8 Å². The summed E-state index contributed by atoms with van der Waals surface area (Å²) in [6, 6.07) is 0. The maximum atomic E-state index is 11.9. The van der Waals surface area contributed by atoms with E-state index < -0.39 is 24.6 Å². The van der Waals surface area contributed by atoms with Gasteiger partial charge in [0.1, 0.15) is 6.61 Å². The largest absolute Gasteiger partial charge is 0.456 e. The van der Waals surface area contributed by atoms with E-state index >= 15 is 0 Å². The van der Waals surface area contributed by atoms with Gasteiger partial charge < -0.3 is 14.6 Å². The van der Waals surface area contributed by atoms with Gasteiger partial charge in [0, 0.05) is 12.3 Å². The zero-order valence-corrected chi connectivity index (χ0v) is 19.9. The lowest BCUT2D eigenvalue weighted by molar-refractivity contribution is -0.159. The van der Waals surface area contributed by atoms with E-state index in [1.54, 1.807) is 0 Å². The van der Waals surface area contributed by atoms with Crippen molar-refractivity contribution >= 4 is 11.9 Å². The van der Waals surface area contributed by atoms with Gasteiger partial charge in [0.15, 0.2) is 6.10 Å². The number of carbonyl (C=O) groups is 2. The molecular weight excluding hydrogens is 428 g/mol. The third kappa shape index (κ3) is 21.5. The first kappa shape index (κ1) is 30.3. The number of carbonyl (C=O) groups excluding carboxylic acids is 2. The summed E-state index contributed by atoms with van der Waals surface area (Å²) in [5, 5.41) is 9.33. The highest BCUT2D eigenvalue weighted by atomic mass is 16.6. The van der Waals surface area contributed by atoms with Gasteiger partial charge in [0.05, 0.1) is 6.61 Å². The quantitative estimate of drug-likeness (QED) is 0.176. The Morgan fingerprint density at radius 2 is 1.26 bits per heavy atom. The van der Waals surface area contributed by atoms with Gasteiger partial charge in [-0.15, -0.1) is 6.42 Å². The molecule has 0 unspecified atom stereocenters. The van der Waals surface area contributed by atoms with Crippen LogP contribution in [-0.2, 0) is 19.1 Å². The minimum atomic E-state index is -0.922. The molecule has 1 atom stereocenters. The molecule has 0 aromatic rings. The first-order chi connectivity index (χ1) is 16.6. The molecule has 34 heavy (non-hydrogen) atoms. The van der Waals surface area contributed by atoms with Gasteiger partial charge in [0.2, 0.25) is 0 Å². The number of ether oxygens (including phenoxy) is 2. The molecular formula is C29H32O5. The molecule has 0 aromatic carbocycles. The first-order valence-corrected chi connectivity index (χ1v) is 11.6. The number of aliphatic hydroxyl groups is 1. The minimum Gasteiger partial charge on any atom is -0.456 e. The summed E-state index contributed by atoms with van der Waals surface area (Å²) >= 11 is 0. The van der Waals surface area contributed by atoms with Crippen molar-refractivity contribution < 1.29 is 24.2 Å². The maximum absolute atomic E-state index is 11.9. The maximum Gasteiger partial charge on any atom is 0.385 e. The Hall–Kier alpha value is -3.74. The highest BCUT2D eigenvalue weighted by Crippen LogP contribution is 2.11. The highest BCUT2D eigenvalue weighted by molar-refractivity contribution is 5.89. The van der Waals surface area contributed by atoms with Gasteiger partial charge in [-0.1, -0.05) is 64.7 Å². The molecule has 178 valence electrons. The van der Waals surface area contributed by atoms with E-state index in [0.29, 0.717) is 0 Å². The number of hydrogen-bond donors (Lipinski definition) is 1. The van der Waals surface area contributed by atoms with Crippen molar-refractivity contribution in [2.24, 2.45) is 0 Å². The van der Waals surface area contributed by atoms with Crippen LogP contribution in [-0.4, -0.2) is 36.4 Å². The second kappa shape index (κ2) is 23.9. The third-order valence-electron chi connectivity index (χ3n) is 4.37. The molecule has 0 rings (SSSR count). The molecule has 0 saturated carbocycles. The lowest BCUT2D eigenvalue weighted by Gasteiger charge is -2.14. The molecule has 0 spiro atoms. The van der Waals surface area contributed by atoms with Crippen LogP contribution in [0.2, 0.25) is 0 Å². The molecule has 5 nitrogen and oxygen atoms in total. The monoisotopic (exact) mass is 460 g/mol. The summed E-state index contributed by atoms with van der Waals surface area (Å²) in [6.07, 6.45) is 16.0. The molecule has 0 aliphatic heterocycles. The average Bonchev–Trinajstić information content (AvgIpc) is 2.84. The Kier molecular flexibility index (Phi) is 21.3. The molecule has 0 heterocycles. The van der Waals surface area contributed by atoms with Gasteiger partial charge >= 0.3 is 11.9 Å². The molecule has 0 aliphatic carbocycles. The van der Waals surface area contributed by atoms with Crippen LogP contribution < -0.4 is 0 Å². The fourth-order valence-electron chi connectivity index (χ4n) is 2.67. The summed E-state index contributed by atoms with van der Waals surface area (Å²) in [5.41, 5.74) is 0. The van der Waals surface area contributed by atoms with Gasteiger partial charge in [0.25, 0.3) is 0 Å². The molecule has 0 bridgehead atoms. The number of hydrogen-bond acceptors (Lipinski definition) is 5. The molecule has 0 aromatic heterocycles. The van der Waals surface area contributed by atoms with Gasteiger partial charge in [-0.25, -0.2) is 4.79 Å². The van der Waals surface area contributed by atoms with Crippen LogP contribution in [0.4, 0.5) is 0 Å². The second-order valence-corrected chi connectivity index (χ2v) is 7.22. The van der Waals surface area contributed by atoms with E-state index in [1.807, 2.05) is 0 Å². The van der Waals surface area contributed by atoms with Crippen molar-refractivity contribution in [3.05, 3.63) is 0 Å². The van der Waals surface area contributed by atoms with Crippen LogP contribution in [0.3, 0.4) is 0 Å². The summed E-state index contributed by atoms with van der Waals surface area (Å²) < 4.78 is 10.0. The number of esters is 2. The van der Waals surface area contributed by atoms with E-state index in [0.717, 1.165) is 19.3 Å². The van der Waals surface area contributed by atoms with Crippen LogP contribution >= 0.6 is 0 Å². The zero-order valence-electron chi connectivity index (χ0n) is 19.9. The molecule has 0 saturated heterocycles. The molecule has 1 N–H and O–H groups in total. The van der Waals surface area contributed by atoms with Crippen LogP contribution in [0.1, 0.15) is 77.6 Å². The Labute approximate surface area is 204 Å². The summed E-state index contributed by atoms with van der Waals surface area (Å²) in [6.45, 7) is 1.48. The zero-order chi connectivity index (χ0) is 25.1. The SMILES string of the molecule is C#CC#CC#CC#CC#CC#CC(=O)OC[C@@H](CO)OC(=O)CCCCCCCCCCCC. The third-order valence-corrected chi connectivity index (χ3v) is 4.37. The Morgan fingerprint density at radius 3 is 1.79 bits per heavy atom. The van der Waals surface area contributed by atoms with Crippen molar-refractivity contribution in [1.82, 2.24) is 0 Å². The summed E-state index contributed by atoms with van der Waals surface area (Å²) in [7, 11) is 0. The second-order valence-electron chi connectivity index (χ2n) is 7.22. The van der Waals surface area contributed by atoms with Crippen LogP contribution in [0.15, 0.2) is 0 Å². The van der Waals surface area contributed by atoms with E-state index in [-0.39, 0.29) is 13.0 Å². The number of rotatable bonds is 15. The van der Waals surface area contributed by atoms with Crippen LogP contribution in [0.25, 0.3) is 0 Å². The van der Waals surface area contributed by atoms with E-state index in [4.69, 9.17) is 15.9 Å². The Bertz CT molecular complexity index is 959. The van der Waals surface area contributed by atoms with Gasteiger partial charge in [-0.05, 0) is 65.6 Å². The lowest BCUT2D eigenvalue weighted by Crippen LogP contribution is -2.28. The normalized spacial score (nSPS) is 9.32. The smallest absolute Gasteiger partial charge is 0.385 e. The van der Waals surface area contributed by atoms with Gasteiger partial charge in [-0.2, -0.15) is 0 Å².